The van der Waals surface area contributed by atoms with Crippen molar-refractivity contribution in [2.45, 2.75) is 26.1 Å². The lowest BCUT2D eigenvalue weighted by Crippen LogP contribution is -2.28. The van der Waals surface area contributed by atoms with Gasteiger partial charge in [0.1, 0.15) is 5.75 Å². The van der Waals surface area contributed by atoms with Gasteiger partial charge in [-0.2, -0.15) is 0 Å². The van der Waals surface area contributed by atoms with Gasteiger partial charge in [0.15, 0.2) is 0 Å². The van der Waals surface area contributed by atoms with Crippen molar-refractivity contribution in [3.05, 3.63) is 72.3 Å². The van der Waals surface area contributed by atoms with Crippen LogP contribution in [-0.4, -0.2) is 29.6 Å². The molecule has 0 fully saturated rings. The zero-order valence-electron chi connectivity index (χ0n) is 15.4. The number of aliphatic hydroxyl groups is 1. The fourth-order valence-corrected chi connectivity index (χ4v) is 2.37. The highest BCUT2D eigenvalue weighted by Crippen LogP contribution is 2.20. The van der Waals surface area contributed by atoms with Crippen molar-refractivity contribution in [1.82, 2.24) is 5.32 Å². The molecule has 1 unspecified atom stereocenters. The van der Waals surface area contributed by atoms with E-state index in [2.05, 4.69) is 17.2 Å². The van der Waals surface area contributed by atoms with Gasteiger partial charge in [0, 0.05) is 17.8 Å². The largest absolute Gasteiger partial charge is 0.491 e. The fourth-order valence-electron chi connectivity index (χ4n) is 2.37. The molecule has 0 aliphatic carbocycles. The molecule has 2 rings (SSSR count). The summed E-state index contributed by atoms with van der Waals surface area (Å²) in [6.07, 6.45) is 0.357. The summed E-state index contributed by atoms with van der Waals surface area (Å²) in [4.78, 5) is 23.5. The summed E-state index contributed by atoms with van der Waals surface area (Å²) in [5, 5.41) is 15.6. The second kappa shape index (κ2) is 9.54. The molecule has 1 atom stereocenters. The van der Waals surface area contributed by atoms with Crippen LogP contribution >= 0.6 is 0 Å². The number of carbonyl (C=O) groups is 2. The van der Waals surface area contributed by atoms with E-state index in [1.165, 1.54) is 6.08 Å². The van der Waals surface area contributed by atoms with Gasteiger partial charge in [-0.3, -0.25) is 9.59 Å². The van der Waals surface area contributed by atoms with Crippen LogP contribution in [0.1, 0.15) is 35.9 Å². The van der Waals surface area contributed by atoms with Crippen molar-refractivity contribution in [2.24, 2.45) is 0 Å². The van der Waals surface area contributed by atoms with Crippen LogP contribution in [0, 0.1) is 0 Å². The standard InChI is InChI=1S/C21H24N2O4/c1-4-20(25)23-17-10-8-15(9-11-17)21(26)22-13-19(24)16-6-5-7-18(12-16)27-14(2)3/h4-12,14,19,24H,1,13H2,2-3H3,(H,22,26)(H,23,25). The van der Waals surface area contributed by atoms with Gasteiger partial charge in [-0.1, -0.05) is 18.7 Å². The Hall–Kier alpha value is -3.12. The highest BCUT2D eigenvalue weighted by Gasteiger charge is 2.12. The van der Waals surface area contributed by atoms with Crippen LogP contribution in [0.3, 0.4) is 0 Å². The van der Waals surface area contributed by atoms with Gasteiger partial charge in [-0.15, -0.1) is 0 Å². The maximum Gasteiger partial charge on any atom is 0.251 e. The molecule has 2 aromatic carbocycles. The molecule has 0 aliphatic rings. The Morgan fingerprint density at radius 2 is 1.89 bits per heavy atom. The van der Waals surface area contributed by atoms with E-state index in [9.17, 15) is 14.7 Å². The molecule has 0 aliphatic heterocycles. The van der Waals surface area contributed by atoms with Crippen LogP contribution < -0.4 is 15.4 Å². The molecule has 3 N–H and O–H groups in total. The first-order valence-electron chi connectivity index (χ1n) is 8.65. The van der Waals surface area contributed by atoms with Gasteiger partial charge in [0.2, 0.25) is 5.91 Å². The maximum atomic E-state index is 12.2. The number of carbonyl (C=O) groups excluding carboxylic acids is 2. The van der Waals surface area contributed by atoms with Crippen LogP contribution in [0.5, 0.6) is 5.75 Å². The van der Waals surface area contributed by atoms with Gasteiger partial charge < -0.3 is 20.5 Å². The van der Waals surface area contributed by atoms with Crippen LogP contribution in [0.4, 0.5) is 5.69 Å². The van der Waals surface area contributed by atoms with E-state index in [-0.39, 0.29) is 24.5 Å². The summed E-state index contributed by atoms with van der Waals surface area (Å²) in [5.74, 6) is 0.0364. The summed E-state index contributed by atoms with van der Waals surface area (Å²) in [6.45, 7) is 7.30. The Labute approximate surface area is 158 Å². The number of anilines is 1. The molecular weight excluding hydrogens is 344 g/mol. The zero-order chi connectivity index (χ0) is 19.8. The number of benzene rings is 2. The molecule has 0 heterocycles. The maximum absolute atomic E-state index is 12.2. The second-order valence-electron chi connectivity index (χ2n) is 6.24. The van der Waals surface area contributed by atoms with Crippen LogP contribution in [-0.2, 0) is 4.79 Å². The monoisotopic (exact) mass is 368 g/mol. The molecule has 0 saturated heterocycles. The Bertz CT molecular complexity index is 800. The molecular formula is C21H24N2O4. The topological polar surface area (TPSA) is 87.7 Å². The fraction of sp³-hybridized carbons (Fsp3) is 0.238. The van der Waals surface area contributed by atoms with Gasteiger partial charge in [-0.05, 0) is 61.9 Å². The normalized spacial score (nSPS) is 11.6. The Balaban J connectivity index is 1.92. The van der Waals surface area contributed by atoms with Crippen LogP contribution in [0.25, 0.3) is 0 Å². The van der Waals surface area contributed by atoms with Crippen molar-refractivity contribution in [1.29, 1.82) is 0 Å². The summed E-state index contributed by atoms with van der Waals surface area (Å²) in [6, 6.07) is 13.6. The number of ether oxygens (including phenoxy) is 1. The highest BCUT2D eigenvalue weighted by molar-refractivity contribution is 5.99. The zero-order valence-corrected chi connectivity index (χ0v) is 15.4. The molecule has 27 heavy (non-hydrogen) atoms. The lowest BCUT2D eigenvalue weighted by Gasteiger charge is -2.15. The Morgan fingerprint density at radius 3 is 2.52 bits per heavy atom. The average Bonchev–Trinajstić information content (AvgIpc) is 2.66. The minimum absolute atomic E-state index is 0.0383. The van der Waals surface area contributed by atoms with E-state index in [4.69, 9.17) is 4.74 Å². The van der Waals surface area contributed by atoms with E-state index in [1.807, 2.05) is 19.9 Å². The van der Waals surface area contributed by atoms with E-state index < -0.39 is 6.10 Å². The number of hydrogen-bond acceptors (Lipinski definition) is 4. The summed E-state index contributed by atoms with van der Waals surface area (Å²) in [7, 11) is 0. The van der Waals surface area contributed by atoms with Gasteiger partial charge in [0.25, 0.3) is 5.91 Å². The quantitative estimate of drug-likeness (QED) is 0.625. The lowest BCUT2D eigenvalue weighted by atomic mass is 10.1. The number of hydrogen-bond donors (Lipinski definition) is 3. The molecule has 0 radical (unpaired) electrons. The van der Waals surface area contributed by atoms with Crippen LogP contribution in [0.15, 0.2) is 61.2 Å². The van der Waals surface area contributed by atoms with Crippen molar-refractivity contribution in [2.75, 3.05) is 11.9 Å². The predicted octanol–water partition coefficient (Wildman–Crippen LogP) is 3.06. The second-order valence-corrected chi connectivity index (χ2v) is 6.24. The van der Waals surface area contributed by atoms with E-state index >= 15 is 0 Å². The van der Waals surface area contributed by atoms with Crippen molar-refractivity contribution >= 4 is 17.5 Å². The highest BCUT2D eigenvalue weighted by atomic mass is 16.5. The van der Waals surface area contributed by atoms with Crippen molar-refractivity contribution < 1.29 is 19.4 Å². The molecule has 0 saturated carbocycles. The van der Waals surface area contributed by atoms with Crippen molar-refractivity contribution in [3.8, 4) is 5.75 Å². The molecule has 6 heteroatoms. The minimum atomic E-state index is -0.851. The number of amides is 2. The smallest absolute Gasteiger partial charge is 0.251 e. The molecule has 0 bridgehead atoms. The molecule has 0 spiro atoms. The van der Waals surface area contributed by atoms with Crippen molar-refractivity contribution in [3.63, 3.8) is 0 Å². The summed E-state index contributed by atoms with van der Waals surface area (Å²) in [5.41, 5.74) is 1.66. The minimum Gasteiger partial charge on any atom is -0.491 e. The summed E-state index contributed by atoms with van der Waals surface area (Å²) >= 11 is 0. The lowest BCUT2D eigenvalue weighted by molar-refractivity contribution is -0.111. The summed E-state index contributed by atoms with van der Waals surface area (Å²) < 4.78 is 5.61. The predicted molar refractivity (Wildman–Crippen MR) is 105 cm³/mol. The number of nitrogens with one attached hydrogen (secondary N) is 2. The van der Waals surface area contributed by atoms with Gasteiger partial charge in [0.05, 0.1) is 12.2 Å². The first-order valence-corrected chi connectivity index (χ1v) is 8.65. The van der Waals surface area contributed by atoms with Crippen LogP contribution in [0.2, 0.25) is 0 Å². The molecule has 0 aromatic heterocycles. The third kappa shape index (κ3) is 6.27. The molecule has 6 nitrogen and oxygen atoms in total. The molecule has 142 valence electrons. The van der Waals surface area contributed by atoms with E-state index in [1.54, 1.807) is 42.5 Å². The Kier molecular flexibility index (Phi) is 7.14. The number of aliphatic hydroxyl groups excluding tert-OH is 1. The molecule has 2 amide bonds. The third-order valence-electron chi connectivity index (χ3n) is 3.67. The third-order valence-corrected chi connectivity index (χ3v) is 3.67. The first-order chi connectivity index (χ1) is 12.9. The van der Waals surface area contributed by atoms with E-state index in [0.29, 0.717) is 22.6 Å². The molecule has 2 aromatic rings. The van der Waals surface area contributed by atoms with Gasteiger partial charge >= 0.3 is 0 Å². The number of rotatable bonds is 8. The first kappa shape index (κ1) is 20.2. The van der Waals surface area contributed by atoms with Gasteiger partial charge in [-0.25, -0.2) is 0 Å². The average molecular weight is 368 g/mol. The SMILES string of the molecule is C=CC(=O)Nc1ccc(C(=O)NCC(O)c2cccc(OC(C)C)c2)cc1. The van der Waals surface area contributed by atoms with E-state index in [0.717, 1.165) is 0 Å². The Morgan fingerprint density at radius 1 is 1.19 bits per heavy atom.